The van der Waals surface area contributed by atoms with E-state index < -0.39 is 0 Å². The van der Waals surface area contributed by atoms with Crippen molar-refractivity contribution in [3.8, 4) is 17.3 Å². The molecular weight excluding hydrogens is 208 g/mol. The minimum Gasteiger partial charge on any atom is -0.492 e. The third-order valence-electron chi connectivity index (χ3n) is 2.21. The fraction of sp³-hybridized carbons (Fsp3) is 0.182. The van der Waals surface area contributed by atoms with Gasteiger partial charge >= 0.3 is 0 Å². The first kappa shape index (κ1) is 10.1. The van der Waals surface area contributed by atoms with E-state index in [1.165, 1.54) is 4.90 Å². The molecule has 2 rings (SSSR count). The van der Waals surface area contributed by atoms with Gasteiger partial charge in [0.2, 0.25) is 5.88 Å². The second-order valence-electron chi connectivity index (χ2n) is 3.26. The molecule has 0 aliphatic carbocycles. The number of aromatic nitrogens is 2. The molecule has 1 aromatic heterocycles. The average Bonchev–Trinajstić information content (AvgIpc) is 2.58. The van der Waals surface area contributed by atoms with Crippen LogP contribution in [0.3, 0.4) is 0 Å². The Bertz CT molecular complexity index is 462. The van der Waals surface area contributed by atoms with Crippen LogP contribution in [-0.2, 0) is 7.05 Å². The van der Waals surface area contributed by atoms with Gasteiger partial charge in [0.25, 0.3) is 0 Å². The smallest absolute Gasteiger partial charge is 0.229 e. The van der Waals surface area contributed by atoms with Crippen LogP contribution in [-0.4, -0.2) is 20.9 Å². The van der Waals surface area contributed by atoms with Gasteiger partial charge in [-0.15, -0.1) is 11.8 Å². The fourth-order valence-electron chi connectivity index (χ4n) is 1.46. The number of imidazole rings is 1. The minimum absolute atomic E-state index is 0.0569. The lowest BCUT2D eigenvalue weighted by molar-refractivity contribution is 0.456. The van der Waals surface area contributed by atoms with E-state index in [1.807, 2.05) is 42.1 Å². The number of nitrogens with zero attached hydrogens (tertiary/aromatic N) is 2. The molecule has 0 aliphatic rings. The lowest BCUT2D eigenvalue weighted by Gasteiger charge is -2.01. The van der Waals surface area contributed by atoms with Crippen molar-refractivity contribution in [2.45, 2.75) is 4.90 Å². The number of hydrogen-bond acceptors (Lipinski definition) is 3. The Labute approximate surface area is 92.8 Å². The number of hydrogen-bond donors (Lipinski definition) is 1. The van der Waals surface area contributed by atoms with Gasteiger partial charge in [-0.25, -0.2) is 0 Å². The molecule has 0 aliphatic heterocycles. The van der Waals surface area contributed by atoms with Gasteiger partial charge in [0.15, 0.2) is 0 Å². The van der Waals surface area contributed by atoms with Crippen molar-refractivity contribution in [3.63, 3.8) is 0 Å². The van der Waals surface area contributed by atoms with Crippen LogP contribution >= 0.6 is 11.8 Å². The van der Waals surface area contributed by atoms with E-state index in [-0.39, 0.29) is 5.88 Å². The van der Waals surface area contributed by atoms with Crippen molar-refractivity contribution >= 4 is 11.8 Å². The molecule has 4 heteroatoms. The van der Waals surface area contributed by atoms with Gasteiger partial charge in [0, 0.05) is 17.5 Å². The third-order valence-corrected chi connectivity index (χ3v) is 2.96. The van der Waals surface area contributed by atoms with Gasteiger partial charge < -0.3 is 9.67 Å². The van der Waals surface area contributed by atoms with Gasteiger partial charge in [-0.1, -0.05) is 12.1 Å². The normalized spacial score (nSPS) is 10.5. The van der Waals surface area contributed by atoms with E-state index in [2.05, 4.69) is 4.98 Å². The number of rotatable bonds is 2. The van der Waals surface area contributed by atoms with Gasteiger partial charge in [-0.3, -0.25) is 0 Å². The maximum atomic E-state index is 9.26. The number of thioether (sulfide) groups is 1. The Hall–Kier alpha value is -1.42. The first-order chi connectivity index (χ1) is 7.20. The maximum Gasteiger partial charge on any atom is 0.229 e. The first-order valence-corrected chi connectivity index (χ1v) is 5.80. The van der Waals surface area contributed by atoms with Gasteiger partial charge in [0.05, 0.1) is 6.20 Å². The minimum atomic E-state index is 0.0569. The van der Waals surface area contributed by atoms with Crippen LogP contribution < -0.4 is 0 Å². The van der Waals surface area contributed by atoms with E-state index in [4.69, 9.17) is 0 Å². The van der Waals surface area contributed by atoms with Gasteiger partial charge in [0.1, 0.15) is 5.82 Å². The van der Waals surface area contributed by atoms with Crippen LogP contribution in [0.1, 0.15) is 0 Å². The summed E-state index contributed by atoms with van der Waals surface area (Å²) in [6, 6.07) is 8.11. The molecular formula is C11H12N2OS. The predicted molar refractivity (Wildman–Crippen MR) is 62.1 cm³/mol. The second kappa shape index (κ2) is 3.98. The number of aromatic hydroxyl groups is 1. The summed E-state index contributed by atoms with van der Waals surface area (Å²) in [4.78, 5) is 5.27. The average molecular weight is 220 g/mol. The molecule has 0 unspecified atom stereocenters. The zero-order valence-corrected chi connectivity index (χ0v) is 9.45. The summed E-state index contributed by atoms with van der Waals surface area (Å²) in [6.45, 7) is 0. The van der Waals surface area contributed by atoms with E-state index in [1.54, 1.807) is 18.0 Å². The van der Waals surface area contributed by atoms with E-state index in [0.29, 0.717) is 0 Å². The van der Waals surface area contributed by atoms with E-state index in [0.717, 1.165) is 11.4 Å². The van der Waals surface area contributed by atoms with Crippen LogP contribution in [0.2, 0.25) is 0 Å². The highest BCUT2D eigenvalue weighted by Gasteiger charge is 2.06. The Morgan fingerprint density at radius 2 is 1.93 bits per heavy atom. The topological polar surface area (TPSA) is 38.1 Å². The SMILES string of the molecule is CSc1ccc(-c2nc(O)cn2C)cc1. The molecule has 1 aromatic carbocycles. The van der Waals surface area contributed by atoms with Crippen LogP contribution in [0, 0.1) is 0 Å². The zero-order valence-electron chi connectivity index (χ0n) is 8.64. The standard InChI is InChI=1S/C11H12N2OS/c1-13-7-10(14)12-11(13)8-3-5-9(15-2)6-4-8/h3-7,14H,1-2H3. The third kappa shape index (κ3) is 1.99. The Kier molecular flexibility index (Phi) is 2.68. The van der Waals surface area contributed by atoms with Crippen molar-refractivity contribution in [3.05, 3.63) is 30.5 Å². The molecule has 0 bridgehead atoms. The summed E-state index contributed by atoms with van der Waals surface area (Å²) >= 11 is 1.71. The summed E-state index contributed by atoms with van der Waals surface area (Å²) in [5.74, 6) is 0.835. The molecule has 0 radical (unpaired) electrons. The summed E-state index contributed by atoms with van der Waals surface area (Å²) in [6.07, 6.45) is 3.64. The van der Waals surface area contributed by atoms with Crippen LogP contribution in [0.25, 0.3) is 11.4 Å². The molecule has 78 valence electrons. The number of aryl methyl sites for hydroxylation is 1. The van der Waals surface area contributed by atoms with Crippen molar-refractivity contribution in [1.82, 2.24) is 9.55 Å². The lowest BCUT2D eigenvalue weighted by atomic mass is 10.2. The highest BCUT2D eigenvalue weighted by molar-refractivity contribution is 7.98. The second-order valence-corrected chi connectivity index (χ2v) is 4.14. The Balaban J connectivity index is 2.41. The Morgan fingerprint density at radius 1 is 1.27 bits per heavy atom. The van der Waals surface area contributed by atoms with E-state index >= 15 is 0 Å². The largest absolute Gasteiger partial charge is 0.492 e. The summed E-state index contributed by atoms with van der Waals surface area (Å²) < 4.78 is 1.81. The number of benzene rings is 1. The molecule has 0 spiro atoms. The zero-order chi connectivity index (χ0) is 10.8. The fourth-order valence-corrected chi connectivity index (χ4v) is 1.87. The molecule has 3 nitrogen and oxygen atoms in total. The molecule has 0 amide bonds. The summed E-state index contributed by atoms with van der Waals surface area (Å²) in [5, 5.41) is 9.26. The lowest BCUT2D eigenvalue weighted by Crippen LogP contribution is -1.90. The highest BCUT2D eigenvalue weighted by atomic mass is 32.2. The van der Waals surface area contributed by atoms with E-state index in [9.17, 15) is 5.11 Å². The molecule has 0 saturated heterocycles. The molecule has 0 fully saturated rings. The van der Waals surface area contributed by atoms with Crippen LogP contribution in [0.15, 0.2) is 35.4 Å². The quantitative estimate of drug-likeness (QED) is 0.790. The molecule has 2 aromatic rings. The van der Waals surface area contributed by atoms with Crippen molar-refractivity contribution in [1.29, 1.82) is 0 Å². The molecule has 1 heterocycles. The van der Waals surface area contributed by atoms with Gasteiger partial charge in [-0.05, 0) is 18.4 Å². The molecule has 1 N–H and O–H groups in total. The van der Waals surface area contributed by atoms with Crippen molar-refractivity contribution < 1.29 is 5.11 Å². The summed E-state index contributed by atoms with van der Waals surface area (Å²) in [7, 11) is 1.87. The van der Waals surface area contributed by atoms with Crippen LogP contribution in [0.5, 0.6) is 5.88 Å². The van der Waals surface area contributed by atoms with Crippen LogP contribution in [0.4, 0.5) is 0 Å². The molecule has 0 saturated carbocycles. The predicted octanol–water partition coefficient (Wildman–Crippen LogP) is 2.51. The molecule has 15 heavy (non-hydrogen) atoms. The summed E-state index contributed by atoms with van der Waals surface area (Å²) in [5.41, 5.74) is 1.01. The molecule has 0 atom stereocenters. The maximum absolute atomic E-state index is 9.26. The Morgan fingerprint density at radius 3 is 2.40 bits per heavy atom. The van der Waals surface area contributed by atoms with Crippen molar-refractivity contribution in [2.24, 2.45) is 7.05 Å². The highest BCUT2D eigenvalue weighted by Crippen LogP contribution is 2.23. The first-order valence-electron chi connectivity index (χ1n) is 4.57. The monoisotopic (exact) mass is 220 g/mol. The van der Waals surface area contributed by atoms with Gasteiger partial charge in [-0.2, -0.15) is 4.98 Å². The van der Waals surface area contributed by atoms with Crippen molar-refractivity contribution in [2.75, 3.05) is 6.26 Å².